The lowest BCUT2D eigenvalue weighted by Gasteiger charge is -2.25. The average Bonchev–Trinajstić information content (AvgIpc) is 3.80. The van der Waals surface area contributed by atoms with E-state index in [1.54, 1.807) is 0 Å². The lowest BCUT2D eigenvalue weighted by Crippen LogP contribution is -2.31. The molecule has 7 heterocycles. The molecule has 2 saturated heterocycles. The molecule has 2 aliphatic heterocycles. The zero-order valence-corrected chi connectivity index (χ0v) is 23.4. The molecule has 2 aliphatic rings. The minimum absolute atomic E-state index is 0.0331. The highest BCUT2D eigenvalue weighted by Crippen LogP contribution is 2.50. The monoisotopic (exact) mass is 639 g/mol. The van der Waals surface area contributed by atoms with Crippen LogP contribution in [0.25, 0.3) is 28.1 Å². The van der Waals surface area contributed by atoms with Gasteiger partial charge in [-0.1, -0.05) is 5.21 Å². The Bertz CT molecular complexity index is 1930. The molecule has 0 radical (unpaired) electrons. The van der Waals surface area contributed by atoms with Crippen LogP contribution in [-0.2, 0) is 30.3 Å². The molecule has 0 bridgehead atoms. The summed E-state index contributed by atoms with van der Waals surface area (Å²) in [6, 6.07) is 0. The lowest BCUT2D eigenvalue weighted by atomic mass is 10.1. The number of alkyl halides is 1. The molecule has 43 heavy (non-hydrogen) atoms. The maximum atomic E-state index is 15.1. The summed E-state index contributed by atoms with van der Waals surface area (Å²) in [5.74, 6) is 0.295. The van der Waals surface area contributed by atoms with Crippen molar-refractivity contribution >= 4 is 52.4 Å². The molecule has 7 rings (SSSR count). The van der Waals surface area contributed by atoms with Crippen LogP contribution < -0.4 is 11.3 Å². The number of aromatic nitrogens is 10. The molecule has 5 aromatic rings. The third-order valence-corrected chi connectivity index (χ3v) is 8.79. The zero-order valence-electron chi connectivity index (χ0n) is 21.7. The van der Waals surface area contributed by atoms with E-state index in [-0.39, 0.29) is 47.0 Å². The second-order valence-corrected chi connectivity index (χ2v) is 12.6. The van der Waals surface area contributed by atoms with Crippen LogP contribution in [0.3, 0.4) is 0 Å². The van der Waals surface area contributed by atoms with Crippen LogP contribution in [0.1, 0.15) is 18.9 Å². The number of nitrogens with zero attached hydrogens (tertiary/aromatic N) is 9. The molecular formula is C21H23FN11O8PS. The molecule has 19 nitrogen and oxygen atoms in total. The predicted molar refractivity (Wildman–Crippen MR) is 144 cm³/mol. The van der Waals surface area contributed by atoms with Crippen LogP contribution in [0.15, 0.2) is 29.8 Å². The number of imidazole rings is 2. The number of aromatic amines is 1. The molecular weight excluding hydrogens is 616 g/mol. The van der Waals surface area contributed by atoms with E-state index in [1.165, 1.54) is 27.7 Å². The van der Waals surface area contributed by atoms with Crippen molar-refractivity contribution in [1.29, 1.82) is 0 Å². The Morgan fingerprint density at radius 3 is 2.88 bits per heavy atom. The zero-order chi connectivity index (χ0) is 30.0. The van der Waals surface area contributed by atoms with Crippen molar-refractivity contribution in [3.8, 4) is 0 Å². The van der Waals surface area contributed by atoms with Crippen molar-refractivity contribution in [2.45, 2.75) is 49.5 Å². The molecule has 0 aliphatic carbocycles. The number of nitrogens with one attached hydrogen (secondary N) is 1. The van der Waals surface area contributed by atoms with Crippen molar-refractivity contribution in [2.24, 2.45) is 0 Å². The highest BCUT2D eigenvalue weighted by atomic mass is 32.5. The van der Waals surface area contributed by atoms with Gasteiger partial charge in [-0.25, -0.2) is 28.7 Å². The minimum Gasteiger partial charge on any atom is -0.394 e. The molecule has 228 valence electrons. The van der Waals surface area contributed by atoms with Gasteiger partial charge in [0.1, 0.15) is 30.3 Å². The third-order valence-electron chi connectivity index (χ3n) is 7.20. The SMILES string of the molecule is Nc1ncnc2c1nnn2[C@@H]1O[C@H](COP(O)(=S)O[C@@H]2C[C@@H](CO)O[C@H]2n2cnc3c(=O)n4ccnc4[nH]c32)[C@@H](O)[C@@H]1F. The quantitative estimate of drug-likeness (QED) is 0.124. The van der Waals surface area contributed by atoms with Gasteiger partial charge in [0.05, 0.1) is 25.6 Å². The first-order chi connectivity index (χ1) is 20.6. The van der Waals surface area contributed by atoms with E-state index in [9.17, 15) is 19.9 Å². The summed E-state index contributed by atoms with van der Waals surface area (Å²) < 4.78 is 41.7. The maximum Gasteiger partial charge on any atom is 0.325 e. The molecule has 2 fully saturated rings. The first kappa shape index (κ1) is 28.3. The maximum absolute atomic E-state index is 15.1. The Balaban J connectivity index is 1.08. The number of aliphatic hydroxyl groups excluding tert-OH is 2. The van der Waals surface area contributed by atoms with Gasteiger partial charge < -0.3 is 44.3 Å². The Hall–Kier alpha value is -3.53. The predicted octanol–water partition coefficient (Wildman–Crippen LogP) is -1.32. The number of ether oxygens (including phenoxy) is 2. The average molecular weight is 640 g/mol. The Morgan fingerprint density at radius 1 is 1.23 bits per heavy atom. The minimum atomic E-state index is -4.08. The summed E-state index contributed by atoms with van der Waals surface area (Å²) in [7, 11) is 0. The van der Waals surface area contributed by atoms with E-state index in [2.05, 4.69) is 35.2 Å². The number of rotatable bonds is 8. The van der Waals surface area contributed by atoms with Crippen molar-refractivity contribution in [3.63, 3.8) is 0 Å². The second kappa shape index (κ2) is 10.6. The van der Waals surface area contributed by atoms with Gasteiger partial charge in [-0.3, -0.25) is 9.36 Å². The molecule has 6 N–H and O–H groups in total. The van der Waals surface area contributed by atoms with Crippen LogP contribution in [0.2, 0.25) is 0 Å². The Kier molecular flexibility index (Phi) is 6.95. The van der Waals surface area contributed by atoms with E-state index >= 15 is 4.39 Å². The third kappa shape index (κ3) is 4.78. The number of fused-ring (bicyclic) bond motifs is 3. The highest BCUT2D eigenvalue weighted by molar-refractivity contribution is 8.07. The molecule has 5 aromatic heterocycles. The van der Waals surface area contributed by atoms with Gasteiger partial charge in [0.25, 0.3) is 5.56 Å². The van der Waals surface area contributed by atoms with Gasteiger partial charge >= 0.3 is 6.72 Å². The van der Waals surface area contributed by atoms with Crippen LogP contribution in [0, 0.1) is 0 Å². The topological polar surface area (TPSA) is 248 Å². The fraction of sp³-hybridized carbons (Fsp3) is 0.476. The number of nitrogen functional groups attached to an aromatic ring is 1. The van der Waals surface area contributed by atoms with Gasteiger partial charge in [-0.05, 0) is 11.8 Å². The van der Waals surface area contributed by atoms with Crippen molar-refractivity contribution in [1.82, 2.24) is 48.9 Å². The Labute approximate surface area is 243 Å². The number of halogens is 1. The van der Waals surface area contributed by atoms with E-state index in [4.69, 9.17) is 36.1 Å². The van der Waals surface area contributed by atoms with E-state index < -0.39 is 61.9 Å². The van der Waals surface area contributed by atoms with Gasteiger partial charge in [0, 0.05) is 18.8 Å². The first-order valence-corrected chi connectivity index (χ1v) is 15.4. The van der Waals surface area contributed by atoms with Gasteiger partial charge in [-0.2, -0.15) is 4.68 Å². The van der Waals surface area contributed by atoms with E-state index in [0.29, 0.717) is 0 Å². The standard InChI is InChI=1S/C21H23FN11O8PS/c22-11-14(35)10(40-20(11)33-16-12(29-30-33)15(23)25-6-26-16)5-38-42(37,43)41-9-3-8(4-34)39-19(9)32-7-27-13-17(32)28-21-24-1-2-31(21)18(13)36/h1-2,6-11,14,19-20,34-35H,3-5H2,(H,24,28)(H,37,43)(H2,23,25,26)/t8-,9+,10+,11-,14+,19+,20+,42?/m0/s1. The van der Waals surface area contributed by atoms with Gasteiger partial charge in [0.2, 0.25) is 5.78 Å². The summed E-state index contributed by atoms with van der Waals surface area (Å²) in [5, 5.41) is 27.9. The summed E-state index contributed by atoms with van der Waals surface area (Å²) in [6.45, 7) is -4.99. The fourth-order valence-corrected chi connectivity index (χ4v) is 6.59. The number of aliphatic hydroxyl groups is 2. The van der Waals surface area contributed by atoms with E-state index in [0.717, 1.165) is 11.0 Å². The van der Waals surface area contributed by atoms with Gasteiger partial charge in [-0.15, -0.1) is 5.10 Å². The first-order valence-electron chi connectivity index (χ1n) is 12.8. The molecule has 8 atom stereocenters. The van der Waals surface area contributed by atoms with E-state index in [1.807, 2.05) is 0 Å². The second-order valence-electron chi connectivity index (χ2n) is 9.84. The van der Waals surface area contributed by atoms with Crippen LogP contribution in [0.4, 0.5) is 10.2 Å². The number of nitrogens with two attached hydrogens (primary N) is 1. The summed E-state index contributed by atoms with van der Waals surface area (Å²) >= 11 is 5.21. The fourth-order valence-electron chi connectivity index (χ4n) is 5.15. The summed E-state index contributed by atoms with van der Waals surface area (Å²) in [6.07, 6.45) is -3.49. The van der Waals surface area contributed by atoms with Crippen LogP contribution in [0.5, 0.6) is 0 Å². The molecule has 0 aromatic carbocycles. The highest BCUT2D eigenvalue weighted by Gasteiger charge is 2.48. The number of H-pyrrole nitrogens is 1. The largest absolute Gasteiger partial charge is 0.394 e. The smallest absolute Gasteiger partial charge is 0.325 e. The van der Waals surface area contributed by atoms with Crippen molar-refractivity contribution in [3.05, 3.63) is 35.4 Å². The lowest BCUT2D eigenvalue weighted by molar-refractivity contribution is -0.0576. The van der Waals surface area contributed by atoms with Crippen LogP contribution >= 0.6 is 6.72 Å². The van der Waals surface area contributed by atoms with Crippen molar-refractivity contribution in [2.75, 3.05) is 18.9 Å². The Morgan fingerprint density at radius 2 is 2.07 bits per heavy atom. The van der Waals surface area contributed by atoms with Crippen molar-refractivity contribution < 1.29 is 38.0 Å². The molecule has 0 saturated carbocycles. The summed E-state index contributed by atoms with van der Waals surface area (Å²) in [4.78, 5) is 42.9. The molecule has 0 spiro atoms. The molecule has 0 amide bonds. The normalized spacial score (nSPS) is 29.3. The number of anilines is 1. The number of hydrogen-bond acceptors (Lipinski definition) is 15. The summed E-state index contributed by atoms with van der Waals surface area (Å²) in [5.41, 5.74) is 5.93. The molecule has 22 heteroatoms. The molecule has 1 unspecified atom stereocenters. The van der Waals surface area contributed by atoms with Gasteiger partial charge in [0.15, 0.2) is 41.1 Å². The number of hydrogen-bond donors (Lipinski definition) is 5. The van der Waals surface area contributed by atoms with Crippen LogP contribution in [-0.4, -0.2) is 108 Å².